The molecule has 10 nitrogen and oxygen atoms in total. The van der Waals surface area contributed by atoms with Gasteiger partial charge >= 0.3 is 0 Å². The van der Waals surface area contributed by atoms with Crippen LogP contribution in [-0.4, -0.2) is 77.6 Å². The lowest BCUT2D eigenvalue weighted by Crippen LogP contribution is -2.37. The van der Waals surface area contributed by atoms with Crippen molar-refractivity contribution in [3.8, 4) is 0 Å². The molecule has 3 rings (SSSR count). The lowest BCUT2D eigenvalue weighted by atomic mass is 10.3. The maximum absolute atomic E-state index is 12.4. The van der Waals surface area contributed by atoms with Crippen molar-refractivity contribution in [1.82, 2.24) is 14.6 Å². The van der Waals surface area contributed by atoms with Crippen LogP contribution < -0.4 is 10.6 Å². The van der Waals surface area contributed by atoms with Crippen LogP contribution in [0.1, 0.15) is 6.92 Å². The van der Waals surface area contributed by atoms with E-state index in [-0.39, 0.29) is 12.5 Å². The highest BCUT2D eigenvalue weighted by Crippen LogP contribution is 2.45. The SMILES string of the molecule is CC(CN1CC=Nc2c(N)ncnc21)OCP(=O)(O)N1CCOCC1. The molecule has 2 atom stereocenters. The average molecular weight is 370 g/mol. The molecule has 2 unspecified atom stereocenters. The minimum atomic E-state index is -3.51. The molecule has 11 heteroatoms. The number of nitrogens with two attached hydrogens (primary N) is 1. The molecular formula is C14H23N6O4P. The largest absolute Gasteiger partial charge is 0.382 e. The summed E-state index contributed by atoms with van der Waals surface area (Å²) >= 11 is 0. The Bertz CT molecular complexity index is 681. The lowest BCUT2D eigenvalue weighted by molar-refractivity contribution is 0.0570. The Morgan fingerprint density at radius 3 is 2.96 bits per heavy atom. The molecule has 0 aliphatic carbocycles. The van der Waals surface area contributed by atoms with Gasteiger partial charge in [-0.15, -0.1) is 0 Å². The Hall–Kier alpha value is -1.58. The fraction of sp³-hybridized carbons (Fsp3) is 0.643. The number of aromatic nitrogens is 2. The summed E-state index contributed by atoms with van der Waals surface area (Å²) in [5, 5.41) is 0. The molecule has 0 spiro atoms. The predicted molar refractivity (Wildman–Crippen MR) is 94.4 cm³/mol. The van der Waals surface area contributed by atoms with Crippen molar-refractivity contribution in [3.05, 3.63) is 6.33 Å². The van der Waals surface area contributed by atoms with E-state index >= 15 is 0 Å². The van der Waals surface area contributed by atoms with Gasteiger partial charge in [0.2, 0.25) is 0 Å². The van der Waals surface area contributed by atoms with Crippen LogP contribution in [0.2, 0.25) is 0 Å². The lowest BCUT2D eigenvalue weighted by Gasteiger charge is -2.32. The van der Waals surface area contributed by atoms with Gasteiger partial charge in [0.15, 0.2) is 11.6 Å². The Labute approximate surface area is 146 Å². The van der Waals surface area contributed by atoms with Crippen molar-refractivity contribution in [2.75, 3.05) is 56.4 Å². The van der Waals surface area contributed by atoms with Gasteiger partial charge in [0.05, 0.1) is 25.9 Å². The molecule has 3 heterocycles. The molecule has 1 fully saturated rings. The Kier molecular flexibility index (Phi) is 5.65. The molecule has 1 aromatic rings. The number of rotatable bonds is 6. The summed E-state index contributed by atoms with van der Waals surface area (Å²) in [6, 6.07) is 0. The van der Waals surface area contributed by atoms with Gasteiger partial charge in [-0.3, -0.25) is 9.56 Å². The van der Waals surface area contributed by atoms with E-state index in [1.54, 1.807) is 10.9 Å². The smallest absolute Gasteiger partial charge is 0.295 e. The first-order chi connectivity index (χ1) is 12.0. The molecule has 0 bridgehead atoms. The average Bonchev–Trinajstić information content (AvgIpc) is 2.62. The summed E-state index contributed by atoms with van der Waals surface area (Å²) in [6.45, 7) is 4.73. The summed E-state index contributed by atoms with van der Waals surface area (Å²) in [5.41, 5.74) is 6.37. The van der Waals surface area contributed by atoms with Crippen LogP contribution in [0.5, 0.6) is 0 Å². The molecule has 0 radical (unpaired) electrons. The van der Waals surface area contributed by atoms with Crippen molar-refractivity contribution >= 4 is 31.1 Å². The predicted octanol–water partition coefficient (Wildman–Crippen LogP) is 0.461. The first kappa shape index (κ1) is 18.2. The van der Waals surface area contributed by atoms with Gasteiger partial charge in [-0.2, -0.15) is 0 Å². The number of ether oxygens (including phenoxy) is 2. The number of hydrogen-bond donors (Lipinski definition) is 2. The van der Waals surface area contributed by atoms with Crippen LogP contribution in [0.3, 0.4) is 0 Å². The summed E-state index contributed by atoms with van der Waals surface area (Å²) in [7, 11) is -3.51. The minimum Gasteiger partial charge on any atom is -0.382 e. The van der Waals surface area contributed by atoms with Crippen molar-refractivity contribution in [2.24, 2.45) is 4.99 Å². The van der Waals surface area contributed by atoms with Gasteiger partial charge in [0.1, 0.15) is 18.4 Å². The molecule has 3 N–H and O–H groups in total. The van der Waals surface area contributed by atoms with Gasteiger partial charge in [-0.05, 0) is 6.92 Å². The molecule has 0 saturated carbocycles. The summed E-state index contributed by atoms with van der Waals surface area (Å²) in [6.07, 6.45) is 2.65. The van der Waals surface area contributed by atoms with E-state index in [4.69, 9.17) is 15.2 Å². The van der Waals surface area contributed by atoms with E-state index in [2.05, 4.69) is 15.0 Å². The highest BCUT2D eigenvalue weighted by molar-refractivity contribution is 7.55. The van der Waals surface area contributed by atoms with Crippen molar-refractivity contribution in [1.29, 1.82) is 0 Å². The number of nitrogen functional groups attached to an aromatic ring is 1. The topological polar surface area (TPSA) is 126 Å². The second-order valence-electron chi connectivity index (χ2n) is 5.98. The number of hydrogen-bond acceptors (Lipinski definition) is 8. The Morgan fingerprint density at radius 2 is 2.20 bits per heavy atom. The van der Waals surface area contributed by atoms with E-state index in [1.807, 2.05) is 11.8 Å². The summed E-state index contributed by atoms with van der Waals surface area (Å²) in [4.78, 5) is 24.6. The van der Waals surface area contributed by atoms with Gasteiger partial charge < -0.3 is 25.0 Å². The summed E-state index contributed by atoms with van der Waals surface area (Å²) < 4.78 is 24.8. The van der Waals surface area contributed by atoms with Crippen LogP contribution >= 0.6 is 7.52 Å². The molecule has 25 heavy (non-hydrogen) atoms. The van der Waals surface area contributed by atoms with Crippen LogP contribution in [0.25, 0.3) is 0 Å². The van der Waals surface area contributed by atoms with Crippen LogP contribution in [0.15, 0.2) is 11.3 Å². The minimum absolute atomic E-state index is 0.213. The number of nitrogens with zero attached hydrogens (tertiary/aromatic N) is 5. The fourth-order valence-electron chi connectivity index (χ4n) is 2.75. The highest BCUT2D eigenvalue weighted by Gasteiger charge is 2.31. The number of anilines is 2. The zero-order chi connectivity index (χ0) is 17.9. The van der Waals surface area contributed by atoms with Gasteiger partial charge in [0, 0.05) is 25.8 Å². The zero-order valence-electron chi connectivity index (χ0n) is 14.1. The number of aliphatic imine (C=N–C) groups is 1. The maximum Gasteiger partial charge on any atom is 0.295 e. The molecule has 1 aromatic heterocycles. The first-order valence-corrected chi connectivity index (χ1v) is 9.91. The maximum atomic E-state index is 12.4. The second-order valence-corrected chi connectivity index (χ2v) is 8.14. The van der Waals surface area contributed by atoms with Crippen LogP contribution in [0.4, 0.5) is 17.3 Å². The molecular weight excluding hydrogens is 347 g/mol. The van der Waals surface area contributed by atoms with Gasteiger partial charge in [-0.25, -0.2) is 14.6 Å². The van der Waals surface area contributed by atoms with Crippen LogP contribution in [-0.2, 0) is 14.0 Å². The molecule has 1 saturated heterocycles. The molecule has 0 amide bonds. The van der Waals surface area contributed by atoms with Gasteiger partial charge in [-0.1, -0.05) is 0 Å². The monoisotopic (exact) mass is 370 g/mol. The van der Waals surface area contributed by atoms with E-state index in [9.17, 15) is 9.46 Å². The Morgan fingerprint density at radius 1 is 1.44 bits per heavy atom. The zero-order valence-corrected chi connectivity index (χ0v) is 15.0. The van der Waals surface area contributed by atoms with Gasteiger partial charge in [0.25, 0.3) is 7.52 Å². The van der Waals surface area contributed by atoms with Crippen molar-refractivity contribution < 1.29 is 18.9 Å². The van der Waals surface area contributed by atoms with Crippen LogP contribution in [0, 0.1) is 0 Å². The number of morpholine rings is 1. The third-order valence-electron chi connectivity index (χ3n) is 4.09. The van der Waals surface area contributed by atoms with E-state index in [0.29, 0.717) is 56.7 Å². The first-order valence-electron chi connectivity index (χ1n) is 8.12. The molecule has 2 aliphatic heterocycles. The third-order valence-corrected chi connectivity index (χ3v) is 5.86. The van der Waals surface area contributed by atoms with E-state index < -0.39 is 7.52 Å². The van der Waals surface area contributed by atoms with Crippen molar-refractivity contribution in [2.45, 2.75) is 13.0 Å². The quantitative estimate of drug-likeness (QED) is 0.687. The van der Waals surface area contributed by atoms with E-state index in [0.717, 1.165) is 0 Å². The van der Waals surface area contributed by atoms with E-state index in [1.165, 1.54) is 6.33 Å². The fourth-order valence-corrected chi connectivity index (χ4v) is 4.15. The summed E-state index contributed by atoms with van der Waals surface area (Å²) in [5.74, 6) is 0.970. The third kappa shape index (κ3) is 4.34. The van der Waals surface area contributed by atoms with Crippen molar-refractivity contribution in [3.63, 3.8) is 0 Å². The molecule has 138 valence electrons. The standard InChI is InChI=1S/C14H23N6O4P/c1-11(24-10-25(21,22)20-4-6-23-7-5-20)8-19-3-2-16-12-13(15)17-9-18-14(12)19/h2,9,11H,3-8,10H2,1H3,(H,21,22)(H2,15,17,18). The molecule has 0 aromatic carbocycles. The second kappa shape index (κ2) is 7.76. The number of fused-ring (bicyclic) bond motifs is 1. The molecule has 2 aliphatic rings. The highest BCUT2D eigenvalue weighted by atomic mass is 31.2. The normalized spacial score (nSPS) is 21.6. The Balaban J connectivity index is 1.56.